The number of hydrogen-bond acceptors (Lipinski definition) is 6. The second-order valence-corrected chi connectivity index (χ2v) is 3.79. The van der Waals surface area contributed by atoms with E-state index >= 15 is 0 Å². The van der Waals surface area contributed by atoms with E-state index in [0.29, 0.717) is 16.6 Å². The lowest BCUT2D eigenvalue weighted by Gasteiger charge is -1.96. The number of carbonyl (C=O) groups excluding carboxylic acids is 1. The molecule has 0 saturated heterocycles. The molecule has 0 bridgehead atoms. The molecule has 1 heterocycles. The number of nitrogens with one attached hydrogen (secondary N) is 1. The van der Waals surface area contributed by atoms with Gasteiger partial charge in [0.2, 0.25) is 0 Å². The third kappa shape index (κ3) is 3.85. The minimum atomic E-state index is -0.413. The molecule has 6 nitrogen and oxygen atoms in total. The lowest BCUT2D eigenvalue weighted by molar-refractivity contribution is -0.134. The molecule has 0 amide bonds. The third-order valence-electron chi connectivity index (χ3n) is 1.61. The average Bonchev–Trinajstić information content (AvgIpc) is 2.28. The third-order valence-corrected chi connectivity index (χ3v) is 2.43. The van der Waals surface area contributed by atoms with Gasteiger partial charge in [-0.25, -0.2) is 4.79 Å². The first kappa shape index (κ1) is 12.4. The molecule has 0 atom stereocenters. The van der Waals surface area contributed by atoms with Crippen molar-refractivity contribution in [2.24, 2.45) is 0 Å². The average molecular weight is 241 g/mol. The standard InChI is InChI=1S/C9H11N3O3S/c1-6-8(14)10-9(12-11-6)16-5-3-4-7(13)15-2/h3-4H,5H2,1-2H3,(H,10,12,14)/b4-3+. The lowest BCUT2D eigenvalue weighted by Crippen LogP contribution is -2.14. The number of rotatable bonds is 4. The predicted octanol–water partition coefficient (Wildman–Crippen LogP) is 0.295. The van der Waals surface area contributed by atoms with E-state index in [1.807, 2.05) is 0 Å². The molecule has 0 aromatic carbocycles. The Morgan fingerprint density at radius 2 is 2.31 bits per heavy atom. The maximum absolute atomic E-state index is 11.2. The topological polar surface area (TPSA) is 84.9 Å². The Kier molecular flexibility index (Phi) is 4.71. The highest BCUT2D eigenvalue weighted by molar-refractivity contribution is 7.99. The van der Waals surface area contributed by atoms with Gasteiger partial charge in [0.15, 0.2) is 5.16 Å². The summed E-state index contributed by atoms with van der Waals surface area (Å²) in [5.74, 6) is 0.0899. The smallest absolute Gasteiger partial charge is 0.330 e. The molecule has 0 aliphatic heterocycles. The number of aromatic amines is 1. The Balaban J connectivity index is 2.49. The summed E-state index contributed by atoms with van der Waals surface area (Å²) in [6, 6.07) is 0. The number of ether oxygens (including phenoxy) is 1. The van der Waals surface area contributed by atoms with Crippen LogP contribution in [-0.2, 0) is 9.53 Å². The summed E-state index contributed by atoms with van der Waals surface area (Å²) < 4.78 is 4.42. The van der Waals surface area contributed by atoms with Crippen LogP contribution in [0.3, 0.4) is 0 Å². The van der Waals surface area contributed by atoms with Gasteiger partial charge in [0.1, 0.15) is 5.69 Å². The molecule has 16 heavy (non-hydrogen) atoms. The van der Waals surface area contributed by atoms with Crippen molar-refractivity contribution < 1.29 is 9.53 Å². The normalized spacial score (nSPS) is 10.6. The van der Waals surface area contributed by atoms with Gasteiger partial charge in [-0.05, 0) is 6.92 Å². The largest absolute Gasteiger partial charge is 0.466 e. The Bertz CT molecular complexity index is 456. The van der Waals surface area contributed by atoms with E-state index in [4.69, 9.17) is 0 Å². The molecule has 1 aromatic heterocycles. The molecule has 0 saturated carbocycles. The lowest BCUT2D eigenvalue weighted by atomic mass is 10.5. The van der Waals surface area contributed by atoms with Gasteiger partial charge in [0.25, 0.3) is 5.56 Å². The van der Waals surface area contributed by atoms with Crippen molar-refractivity contribution in [3.8, 4) is 0 Å². The minimum Gasteiger partial charge on any atom is -0.466 e. The van der Waals surface area contributed by atoms with Crippen LogP contribution in [0.5, 0.6) is 0 Å². The number of esters is 1. The van der Waals surface area contributed by atoms with Gasteiger partial charge >= 0.3 is 5.97 Å². The minimum absolute atomic E-state index is 0.255. The van der Waals surface area contributed by atoms with Crippen molar-refractivity contribution in [1.82, 2.24) is 15.2 Å². The van der Waals surface area contributed by atoms with Gasteiger partial charge in [-0.15, -0.1) is 10.2 Å². The first-order valence-corrected chi connectivity index (χ1v) is 5.43. The number of H-pyrrole nitrogens is 1. The highest BCUT2D eigenvalue weighted by Gasteiger charge is 1.99. The first-order valence-electron chi connectivity index (χ1n) is 4.44. The molecule has 0 radical (unpaired) electrons. The number of nitrogens with zero attached hydrogens (tertiary/aromatic N) is 2. The summed E-state index contributed by atoms with van der Waals surface area (Å²) >= 11 is 1.27. The zero-order chi connectivity index (χ0) is 12.0. The molecule has 0 unspecified atom stereocenters. The summed E-state index contributed by atoms with van der Waals surface area (Å²) in [6.07, 6.45) is 2.93. The van der Waals surface area contributed by atoms with Crippen LogP contribution in [-0.4, -0.2) is 34.0 Å². The molecule has 7 heteroatoms. The van der Waals surface area contributed by atoms with E-state index in [1.54, 1.807) is 13.0 Å². The molecular formula is C9H11N3O3S. The summed E-state index contributed by atoms with van der Waals surface area (Å²) in [4.78, 5) is 24.4. The second-order valence-electron chi connectivity index (χ2n) is 2.78. The zero-order valence-corrected chi connectivity index (χ0v) is 9.71. The van der Waals surface area contributed by atoms with Crippen molar-refractivity contribution in [3.05, 3.63) is 28.2 Å². The van der Waals surface area contributed by atoms with Crippen molar-refractivity contribution in [2.75, 3.05) is 12.9 Å². The fourth-order valence-corrected chi connectivity index (χ4v) is 1.40. The molecular weight excluding hydrogens is 230 g/mol. The van der Waals surface area contributed by atoms with Crippen LogP contribution in [0.25, 0.3) is 0 Å². The maximum Gasteiger partial charge on any atom is 0.330 e. The van der Waals surface area contributed by atoms with Crippen LogP contribution < -0.4 is 5.56 Å². The van der Waals surface area contributed by atoms with E-state index in [1.165, 1.54) is 24.9 Å². The Morgan fingerprint density at radius 3 is 2.94 bits per heavy atom. The number of carbonyl (C=O) groups is 1. The number of aromatic nitrogens is 3. The van der Waals surface area contributed by atoms with E-state index in [0.717, 1.165) is 0 Å². The maximum atomic E-state index is 11.2. The van der Waals surface area contributed by atoms with Crippen LogP contribution in [0.4, 0.5) is 0 Å². The van der Waals surface area contributed by atoms with Gasteiger partial charge in [0.05, 0.1) is 7.11 Å². The van der Waals surface area contributed by atoms with Crippen molar-refractivity contribution >= 4 is 17.7 Å². The second kappa shape index (κ2) is 6.06. The summed E-state index contributed by atoms with van der Waals surface area (Å²) in [5.41, 5.74) is 0.0731. The summed E-state index contributed by atoms with van der Waals surface area (Å²) in [7, 11) is 1.31. The van der Waals surface area contributed by atoms with Gasteiger partial charge in [0, 0.05) is 11.8 Å². The monoisotopic (exact) mass is 241 g/mol. The van der Waals surface area contributed by atoms with Crippen molar-refractivity contribution in [2.45, 2.75) is 12.1 Å². The number of methoxy groups -OCH3 is 1. The van der Waals surface area contributed by atoms with Crippen LogP contribution >= 0.6 is 11.8 Å². The van der Waals surface area contributed by atoms with E-state index in [-0.39, 0.29) is 5.56 Å². The molecule has 0 aliphatic carbocycles. The Hall–Kier alpha value is -1.63. The highest BCUT2D eigenvalue weighted by atomic mass is 32.2. The van der Waals surface area contributed by atoms with Gasteiger partial charge in [-0.3, -0.25) is 9.78 Å². The highest BCUT2D eigenvalue weighted by Crippen LogP contribution is 2.09. The van der Waals surface area contributed by atoms with E-state index in [9.17, 15) is 9.59 Å². The number of aryl methyl sites for hydroxylation is 1. The summed E-state index contributed by atoms with van der Waals surface area (Å²) in [6.45, 7) is 1.58. The molecule has 86 valence electrons. The SMILES string of the molecule is COC(=O)/C=C/CSc1nnc(C)c(=O)[nH]1. The van der Waals surface area contributed by atoms with Crippen LogP contribution in [0, 0.1) is 6.92 Å². The Labute approximate surface area is 96.1 Å². The molecule has 1 rings (SSSR count). The molecule has 1 aromatic rings. The predicted molar refractivity (Wildman–Crippen MR) is 59.3 cm³/mol. The molecule has 0 fully saturated rings. The Morgan fingerprint density at radius 1 is 1.56 bits per heavy atom. The van der Waals surface area contributed by atoms with Gasteiger partial charge in [-0.1, -0.05) is 17.8 Å². The van der Waals surface area contributed by atoms with Gasteiger partial charge < -0.3 is 4.74 Å². The van der Waals surface area contributed by atoms with Crippen LogP contribution in [0.2, 0.25) is 0 Å². The van der Waals surface area contributed by atoms with E-state index in [2.05, 4.69) is 19.9 Å². The first-order chi connectivity index (χ1) is 7.63. The van der Waals surface area contributed by atoms with Crippen molar-refractivity contribution in [3.63, 3.8) is 0 Å². The number of thioether (sulfide) groups is 1. The molecule has 0 aliphatic rings. The quantitative estimate of drug-likeness (QED) is 0.463. The van der Waals surface area contributed by atoms with Crippen LogP contribution in [0.1, 0.15) is 5.69 Å². The van der Waals surface area contributed by atoms with Crippen LogP contribution in [0.15, 0.2) is 22.1 Å². The van der Waals surface area contributed by atoms with Crippen molar-refractivity contribution in [1.29, 1.82) is 0 Å². The molecule has 0 spiro atoms. The fraction of sp³-hybridized carbons (Fsp3) is 0.333. The fourth-order valence-electron chi connectivity index (χ4n) is 0.783. The number of hydrogen-bond donors (Lipinski definition) is 1. The summed E-state index contributed by atoms with van der Waals surface area (Å²) in [5, 5.41) is 7.88. The van der Waals surface area contributed by atoms with Gasteiger partial charge in [-0.2, -0.15) is 0 Å². The zero-order valence-electron chi connectivity index (χ0n) is 8.89. The van der Waals surface area contributed by atoms with E-state index < -0.39 is 5.97 Å². The molecule has 1 N–H and O–H groups in total.